The van der Waals surface area contributed by atoms with Gasteiger partial charge >= 0.3 is 5.91 Å². The number of hydrogen-bond donors (Lipinski definition) is 1. The zero-order chi connectivity index (χ0) is 20.5. The highest BCUT2D eigenvalue weighted by Crippen LogP contribution is 2.27. The Morgan fingerprint density at radius 3 is 2.07 bits per heavy atom. The van der Waals surface area contributed by atoms with Crippen LogP contribution < -0.4 is 5.73 Å². The fraction of sp³-hybridized carbons (Fsp3) is 0.238. The third kappa shape index (κ3) is 6.74. The first-order chi connectivity index (χ1) is 13.4. The second-order valence-electron chi connectivity index (χ2n) is 6.22. The number of nitrogens with zero attached hydrogens (tertiary/aromatic N) is 2. The lowest BCUT2D eigenvalue weighted by molar-refractivity contribution is -0.119. The zero-order valence-corrected chi connectivity index (χ0v) is 17.6. The van der Waals surface area contributed by atoms with Gasteiger partial charge in [0.2, 0.25) is 0 Å². The number of thioether (sulfide) groups is 2. The van der Waals surface area contributed by atoms with Crippen molar-refractivity contribution >= 4 is 33.8 Å². The Kier molecular flexibility index (Phi) is 8.63. The summed E-state index contributed by atoms with van der Waals surface area (Å²) in [7, 11) is 1.79. The van der Waals surface area contributed by atoms with Gasteiger partial charge in [0.1, 0.15) is 4.38 Å². The average molecular weight is 414 g/mol. The molecule has 0 heterocycles. The first-order valence-corrected chi connectivity index (χ1v) is 10.5. The Morgan fingerprint density at radius 1 is 1.07 bits per heavy atom. The summed E-state index contributed by atoms with van der Waals surface area (Å²) in [5.74, 6) is 0.0264. The van der Waals surface area contributed by atoms with Crippen LogP contribution in [-0.2, 0) is 17.0 Å². The molecule has 1 amide bonds. The van der Waals surface area contributed by atoms with Crippen molar-refractivity contribution in [3.8, 4) is 11.1 Å². The maximum atomic E-state index is 11.2. The van der Waals surface area contributed by atoms with E-state index in [-0.39, 0.29) is 0 Å². The molecule has 1 unspecified atom stereocenters. The molecule has 0 aliphatic heterocycles. The van der Waals surface area contributed by atoms with Crippen LogP contribution in [0.15, 0.2) is 70.2 Å². The largest absolute Gasteiger partial charge is 0.319 e. The number of rotatable bonds is 7. The van der Waals surface area contributed by atoms with Gasteiger partial charge in [0.25, 0.3) is 0 Å². The molecule has 2 rings (SSSR count). The van der Waals surface area contributed by atoms with Gasteiger partial charge in [-0.05, 0) is 40.5 Å². The van der Waals surface area contributed by atoms with E-state index in [0.717, 1.165) is 31.7 Å². The van der Waals surface area contributed by atoms with Crippen molar-refractivity contribution in [2.45, 2.75) is 25.1 Å². The number of allylic oxidation sites excluding steroid dienone is 1. The molecule has 5 nitrogen and oxygen atoms in total. The zero-order valence-electron chi connectivity index (χ0n) is 15.9. The molecule has 2 aromatic rings. The van der Waals surface area contributed by atoms with E-state index in [2.05, 4.69) is 41.0 Å². The lowest BCUT2D eigenvalue weighted by Crippen LogP contribution is -2.31. The summed E-state index contributed by atoms with van der Waals surface area (Å²) in [5.41, 5.74) is 9.95. The van der Waals surface area contributed by atoms with Gasteiger partial charge in [0, 0.05) is 18.0 Å². The summed E-state index contributed by atoms with van der Waals surface area (Å²) in [6, 6.07) is 15.3. The smallest absolute Gasteiger partial charge is 0.303 e. The van der Waals surface area contributed by atoms with Crippen LogP contribution >= 0.6 is 23.5 Å². The van der Waals surface area contributed by atoms with E-state index < -0.39 is 11.9 Å². The van der Waals surface area contributed by atoms with Crippen LogP contribution in [0.1, 0.15) is 18.1 Å². The van der Waals surface area contributed by atoms with E-state index >= 15 is 0 Å². The summed E-state index contributed by atoms with van der Waals surface area (Å²) in [5, 5.41) is 2.37. The minimum Gasteiger partial charge on any atom is -0.319 e. The highest BCUT2D eigenvalue weighted by Gasteiger charge is 2.14. The SMILES string of the molecule is C=C(C)SC(=NC)SCc1ccc(-c2ccc(CC(N)C(=O)N=O)cc2)cc1. The Bertz CT molecular complexity index is 862. The van der Waals surface area contributed by atoms with E-state index in [1.165, 1.54) is 5.56 Å². The van der Waals surface area contributed by atoms with Crippen molar-refractivity contribution < 1.29 is 4.79 Å². The minimum atomic E-state index is -0.889. The Balaban J connectivity index is 1.98. The summed E-state index contributed by atoms with van der Waals surface area (Å²) < 4.78 is 1.01. The van der Waals surface area contributed by atoms with Crippen LogP contribution in [-0.4, -0.2) is 23.4 Å². The molecule has 0 saturated carbocycles. The number of carbonyl (C=O) groups excluding carboxylic acids is 1. The van der Waals surface area contributed by atoms with Crippen molar-refractivity contribution in [2.75, 3.05) is 7.05 Å². The number of benzene rings is 2. The first kappa shape index (κ1) is 22.1. The molecule has 146 valence electrons. The standard InChI is InChI=1S/C21H23N3O2S2/c1-14(2)28-21(23-3)27-13-16-6-10-18(11-7-16)17-8-4-15(5-9-17)12-19(22)20(25)24-26/h4-11,19H,1,12-13,22H2,2-3H3. The molecule has 0 aromatic heterocycles. The van der Waals surface area contributed by atoms with Gasteiger partial charge in [0.05, 0.1) is 6.04 Å². The molecule has 0 bridgehead atoms. The Morgan fingerprint density at radius 2 is 1.61 bits per heavy atom. The number of nitroso groups, excluding NO2 is 1. The summed E-state index contributed by atoms with van der Waals surface area (Å²) in [6.07, 6.45) is 0.296. The van der Waals surface area contributed by atoms with Crippen molar-refractivity contribution in [3.63, 3.8) is 0 Å². The second-order valence-corrected chi connectivity index (χ2v) is 8.73. The molecular formula is C21H23N3O2S2. The maximum Gasteiger partial charge on any atom is 0.303 e. The highest BCUT2D eigenvalue weighted by molar-refractivity contribution is 8.40. The van der Waals surface area contributed by atoms with Crippen molar-refractivity contribution in [1.82, 2.24) is 0 Å². The molecule has 7 heteroatoms. The van der Waals surface area contributed by atoms with Crippen LogP contribution in [0.5, 0.6) is 0 Å². The van der Waals surface area contributed by atoms with Gasteiger partial charge in [-0.1, -0.05) is 78.6 Å². The van der Waals surface area contributed by atoms with E-state index in [9.17, 15) is 9.70 Å². The molecule has 28 heavy (non-hydrogen) atoms. The summed E-state index contributed by atoms with van der Waals surface area (Å²) in [6.45, 7) is 5.88. The Hall–Kier alpha value is -2.22. The normalized spacial score (nSPS) is 12.5. The van der Waals surface area contributed by atoms with Gasteiger partial charge in [-0.2, -0.15) is 0 Å². The van der Waals surface area contributed by atoms with Crippen molar-refractivity contribution in [3.05, 3.63) is 76.0 Å². The third-order valence-corrected chi connectivity index (χ3v) is 6.13. The molecule has 0 saturated heterocycles. The predicted octanol–water partition coefficient (Wildman–Crippen LogP) is 5.00. The lowest BCUT2D eigenvalue weighted by atomic mass is 10.00. The van der Waals surface area contributed by atoms with Gasteiger partial charge < -0.3 is 5.73 Å². The van der Waals surface area contributed by atoms with E-state index in [1.54, 1.807) is 30.6 Å². The molecule has 0 fully saturated rings. The molecular weight excluding hydrogens is 390 g/mol. The van der Waals surface area contributed by atoms with Crippen LogP contribution in [0.4, 0.5) is 0 Å². The number of nitrogens with two attached hydrogens (primary N) is 1. The molecule has 0 radical (unpaired) electrons. The van der Waals surface area contributed by atoms with Crippen LogP contribution in [0.2, 0.25) is 0 Å². The maximum absolute atomic E-state index is 11.2. The summed E-state index contributed by atoms with van der Waals surface area (Å²) >= 11 is 3.29. The summed E-state index contributed by atoms with van der Waals surface area (Å²) in [4.78, 5) is 26.8. The van der Waals surface area contributed by atoms with Gasteiger partial charge in [-0.3, -0.25) is 9.79 Å². The van der Waals surface area contributed by atoms with Gasteiger partial charge in [-0.25, -0.2) is 0 Å². The van der Waals surface area contributed by atoms with Crippen molar-refractivity contribution in [2.24, 2.45) is 15.9 Å². The molecule has 2 N–H and O–H groups in total. The number of hydrogen-bond acceptors (Lipinski definition) is 6. The molecule has 0 aliphatic rings. The Labute approximate surface area is 173 Å². The van der Waals surface area contributed by atoms with Crippen LogP contribution in [0.3, 0.4) is 0 Å². The fourth-order valence-corrected chi connectivity index (χ4v) is 4.31. The number of aliphatic imine (C=N–C) groups is 1. The molecule has 0 aliphatic carbocycles. The van der Waals surface area contributed by atoms with Crippen LogP contribution in [0, 0.1) is 4.91 Å². The van der Waals surface area contributed by atoms with E-state index in [0.29, 0.717) is 6.42 Å². The lowest BCUT2D eigenvalue weighted by Gasteiger charge is -2.08. The van der Waals surface area contributed by atoms with Crippen molar-refractivity contribution in [1.29, 1.82) is 0 Å². The number of amides is 1. The second kappa shape index (κ2) is 10.9. The molecule has 1 atom stereocenters. The minimum absolute atomic E-state index is 0.296. The topological polar surface area (TPSA) is 84.9 Å². The molecule has 2 aromatic carbocycles. The highest BCUT2D eigenvalue weighted by atomic mass is 32.2. The predicted molar refractivity (Wildman–Crippen MR) is 121 cm³/mol. The van der Waals surface area contributed by atoms with E-state index in [4.69, 9.17) is 5.73 Å². The average Bonchev–Trinajstić information content (AvgIpc) is 2.71. The quantitative estimate of drug-likeness (QED) is 0.392. The van der Waals surface area contributed by atoms with Gasteiger partial charge in [0.15, 0.2) is 0 Å². The molecule has 0 spiro atoms. The van der Waals surface area contributed by atoms with Gasteiger partial charge in [-0.15, -0.1) is 4.91 Å². The van der Waals surface area contributed by atoms with E-state index in [1.807, 2.05) is 31.2 Å². The third-order valence-electron chi connectivity index (χ3n) is 3.91. The van der Waals surface area contributed by atoms with Crippen LogP contribution in [0.25, 0.3) is 11.1 Å². The first-order valence-electron chi connectivity index (χ1n) is 8.67. The monoisotopic (exact) mass is 413 g/mol. The number of carbonyl (C=O) groups is 1. The fourth-order valence-electron chi connectivity index (χ4n) is 2.47.